The van der Waals surface area contributed by atoms with Gasteiger partial charge in [0, 0.05) is 24.2 Å². The molecule has 0 aliphatic heterocycles. The molecule has 2 rings (SSSR count). The summed E-state index contributed by atoms with van der Waals surface area (Å²) < 4.78 is 5.12. The molecular weight excluding hydrogens is 290 g/mol. The highest BCUT2D eigenvalue weighted by Crippen LogP contribution is 2.22. The van der Waals surface area contributed by atoms with Gasteiger partial charge < -0.3 is 10.1 Å². The molecule has 21 heavy (non-hydrogen) atoms. The first-order valence-electron chi connectivity index (χ1n) is 6.46. The fourth-order valence-corrected chi connectivity index (χ4v) is 2.32. The van der Waals surface area contributed by atoms with E-state index in [1.165, 1.54) is 11.3 Å². The standard InChI is InChI=1S/C13H17N5O2S/c1-8(2)11-17-18-13(21-11)16-12(19)15-7-9-5-4-6-14-10(9)20-3/h4-6,8H,7H2,1-3H3,(H2,15,16,18,19). The van der Waals surface area contributed by atoms with Crippen LogP contribution in [0.4, 0.5) is 9.93 Å². The van der Waals surface area contributed by atoms with Crippen molar-refractivity contribution in [3.63, 3.8) is 0 Å². The molecule has 7 nitrogen and oxygen atoms in total. The highest BCUT2D eigenvalue weighted by Gasteiger charge is 2.11. The van der Waals surface area contributed by atoms with Gasteiger partial charge in [-0.1, -0.05) is 31.3 Å². The lowest BCUT2D eigenvalue weighted by Crippen LogP contribution is -2.28. The SMILES string of the molecule is COc1ncccc1CNC(=O)Nc1nnc(C(C)C)s1. The molecule has 0 aliphatic rings. The van der Waals surface area contributed by atoms with Gasteiger partial charge in [0.25, 0.3) is 0 Å². The second-order valence-electron chi connectivity index (χ2n) is 4.58. The fourth-order valence-electron chi connectivity index (χ4n) is 1.58. The predicted octanol–water partition coefficient (Wildman–Crippen LogP) is 2.39. The number of anilines is 1. The van der Waals surface area contributed by atoms with Crippen LogP contribution < -0.4 is 15.4 Å². The van der Waals surface area contributed by atoms with Crippen molar-refractivity contribution in [1.82, 2.24) is 20.5 Å². The molecule has 2 aromatic rings. The molecule has 0 fully saturated rings. The molecule has 2 amide bonds. The Morgan fingerprint density at radius 1 is 1.43 bits per heavy atom. The van der Waals surface area contributed by atoms with E-state index < -0.39 is 0 Å². The zero-order valence-electron chi connectivity index (χ0n) is 12.1. The lowest BCUT2D eigenvalue weighted by molar-refractivity contribution is 0.251. The van der Waals surface area contributed by atoms with Crippen LogP contribution in [0.5, 0.6) is 5.88 Å². The molecule has 0 aliphatic carbocycles. The number of methoxy groups -OCH3 is 1. The summed E-state index contributed by atoms with van der Waals surface area (Å²) in [6.07, 6.45) is 1.64. The Bertz CT molecular complexity index is 614. The van der Waals surface area contributed by atoms with Gasteiger partial charge in [0.15, 0.2) is 0 Å². The number of hydrogen-bond donors (Lipinski definition) is 2. The summed E-state index contributed by atoms with van der Waals surface area (Å²) >= 11 is 1.37. The van der Waals surface area contributed by atoms with Crippen LogP contribution >= 0.6 is 11.3 Å². The normalized spacial score (nSPS) is 10.5. The van der Waals surface area contributed by atoms with E-state index in [4.69, 9.17) is 4.74 Å². The Morgan fingerprint density at radius 3 is 2.90 bits per heavy atom. The largest absolute Gasteiger partial charge is 0.481 e. The van der Waals surface area contributed by atoms with E-state index in [1.54, 1.807) is 19.4 Å². The molecule has 0 atom stereocenters. The van der Waals surface area contributed by atoms with E-state index in [1.807, 2.05) is 19.9 Å². The minimum atomic E-state index is -0.340. The van der Waals surface area contributed by atoms with Crippen molar-refractivity contribution in [1.29, 1.82) is 0 Å². The Labute approximate surface area is 126 Å². The minimum Gasteiger partial charge on any atom is -0.481 e. The topological polar surface area (TPSA) is 89.0 Å². The number of nitrogens with zero attached hydrogens (tertiary/aromatic N) is 3. The zero-order valence-corrected chi connectivity index (χ0v) is 12.9. The average Bonchev–Trinajstić information content (AvgIpc) is 2.94. The lowest BCUT2D eigenvalue weighted by Gasteiger charge is -2.08. The Kier molecular flexibility index (Phi) is 5.04. The van der Waals surface area contributed by atoms with Crippen LogP contribution in [0.2, 0.25) is 0 Å². The van der Waals surface area contributed by atoms with E-state index in [0.29, 0.717) is 23.5 Å². The predicted molar refractivity (Wildman–Crippen MR) is 80.6 cm³/mol. The third-order valence-corrected chi connectivity index (χ3v) is 3.78. The summed E-state index contributed by atoms with van der Waals surface area (Å²) in [6, 6.07) is 3.29. The molecule has 2 heterocycles. The quantitative estimate of drug-likeness (QED) is 0.885. The smallest absolute Gasteiger partial charge is 0.321 e. The minimum absolute atomic E-state index is 0.292. The first-order chi connectivity index (χ1) is 10.1. The van der Waals surface area contributed by atoms with Crippen LogP contribution in [-0.4, -0.2) is 28.3 Å². The van der Waals surface area contributed by atoms with Gasteiger partial charge >= 0.3 is 6.03 Å². The molecule has 0 radical (unpaired) electrons. The number of pyridine rings is 1. The van der Waals surface area contributed by atoms with Crippen LogP contribution in [0.25, 0.3) is 0 Å². The number of nitrogens with one attached hydrogen (secondary N) is 2. The van der Waals surface area contributed by atoms with E-state index in [-0.39, 0.29) is 6.03 Å². The molecule has 0 spiro atoms. The molecule has 2 aromatic heterocycles. The van der Waals surface area contributed by atoms with Crippen molar-refractivity contribution in [2.24, 2.45) is 0 Å². The van der Waals surface area contributed by atoms with Gasteiger partial charge in [-0.2, -0.15) is 0 Å². The molecular formula is C13H17N5O2S. The number of rotatable bonds is 5. The van der Waals surface area contributed by atoms with Gasteiger partial charge in [-0.05, 0) is 6.07 Å². The number of carbonyl (C=O) groups excluding carboxylic acids is 1. The highest BCUT2D eigenvalue weighted by molar-refractivity contribution is 7.15. The fraction of sp³-hybridized carbons (Fsp3) is 0.385. The lowest BCUT2D eigenvalue weighted by atomic mass is 10.2. The van der Waals surface area contributed by atoms with Crippen molar-refractivity contribution < 1.29 is 9.53 Å². The molecule has 0 bridgehead atoms. The monoisotopic (exact) mass is 307 g/mol. The number of urea groups is 1. The number of amides is 2. The summed E-state index contributed by atoms with van der Waals surface area (Å²) in [5, 5.41) is 14.7. The summed E-state index contributed by atoms with van der Waals surface area (Å²) in [5.74, 6) is 0.788. The van der Waals surface area contributed by atoms with Crippen LogP contribution in [0, 0.1) is 0 Å². The maximum atomic E-state index is 11.8. The summed E-state index contributed by atoms with van der Waals surface area (Å²) in [6.45, 7) is 4.37. The molecule has 0 saturated heterocycles. The van der Waals surface area contributed by atoms with Gasteiger partial charge in [-0.15, -0.1) is 10.2 Å². The van der Waals surface area contributed by atoms with E-state index in [9.17, 15) is 4.79 Å². The van der Waals surface area contributed by atoms with Crippen LogP contribution in [0.3, 0.4) is 0 Å². The number of aromatic nitrogens is 3. The van der Waals surface area contributed by atoms with Gasteiger partial charge in [-0.25, -0.2) is 9.78 Å². The number of hydrogen-bond acceptors (Lipinski definition) is 6. The van der Waals surface area contributed by atoms with Gasteiger partial charge in [0.2, 0.25) is 11.0 Å². The second-order valence-corrected chi connectivity index (χ2v) is 5.59. The van der Waals surface area contributed by atoms with Crippen LogP contribution in [0.1, 0.15) is 30.3 Å². The van der Waals surface area contributed by atoms with Crippen molar-refractivity contribution >= 4 is 22.5 Å². The number of carbonyl (C=O) groups is 1. The summed E-state index contributed by atoms with van der Waals surface area (Å²) in [5.41, 5.74) is 0.801. The van der Waals surface area contributed by atoms with Crippen LogP contribution in [-0.2, 0) is 6.54 Å². The van der Waals surface area contributed by atoms with Gasteiger partial charge in [-0.3, -0.25) is 5.32 Å². The van der Waals surface area contributed by atoms with Crippen molar-refractivity contribution in [3.8, 4) is 5.88 Å². The van der Waals surface area contributed by atoms with Gasteiger partial charge in [0.1, 0.15) is 5.01 Å². The Hall–Kier alpha value is -2.22. The molecule has 0 aromatic carbocycles. The average molecular weight is 307 g/mol. The third-order valence-electron chi connectivity index (χ3n) is 2.64. The first-order valence-corrected chi connectivity index (χ1v) is 7.28. The Morgan fingerprint density at radius 2 is 2.24 bits per heavy atom. The van der Waals surface area contributed by atoms with E-state index in [2.05, 4.69) is 25.8 Å². The van der Waals surface area contributed by atoms with Crippen LogP contribution in [0.15, 0.2) is 18.3 Å². The maximum Gasteiger partial charge on any atom is 0.321 e. The number of ether oxygens (including phenoxy) is 1. The molecule has 112 valence electrons. The molecule has 2 N–H and O–H groups in total. The molecule has 0 unspecified atom stereocenters. The third kappa shape index (κ3) is 4.12. The van der Waals surface area contributed by atoms with Crippen molar-refractivity contribution in [2.45, 2.75) is 26.3 Å². The summed E-state index contributed by atoms with van der Waals surface area (Å²) in [7, 11) is 1.54. The Balaban J connectivity index is 1.89. The summed E-state index contributed by atoms with van der Waals surface area (Å²) in [4.78, 5) is 15.9. The van der Waals surface area contributed by atoms with Crippen molar-refractivity contribution in [2.75, 3.05) is 12.4 Å². The van der Waals surface area contributed by atoms with E-state index >= 15 is 0 Å². The zero-order chi connectivity index (χ0) is 15.2. The molecule has 0 saturated carbocycles. The molecule has 8 heteroatoms. The van der Waals surface area contributed by atoms with Crippen molar-refractivity contribution in [3.05, 3.63) is 28.9 Å². The highest BCUT2D eigenvalue weighted by atomic mass is 32.1. The van der Waals surface area contributed by atoms with E-state index in [0.717, 1.165) is 10.6 Å². The maximum absolute atomic E-state index is 11.8. The van der Waals surface area contributed by atoms with Gasteiger partial charge in [0.05, 0.1) is 7.11 Å². The second kappa shape index (κ2) is 6.98. The first kappa shape index (κ1) is 15.2.